The summed E-state index contributed by atoms with van der Waals surface area (Å²) in [5.74, 6) is 1.22. The van der Waals surface area contributed by atoms with Crippen molar-refractivity contribution in [1.82, 2.24) is 10.2 Å². The third-order valence-corrected chi connectivity index (χ3v) is 4.32. The van der Waals surface area contributed by atoms with E-state index < -0.39 is 0 Å². The third-order valence-electron chi connectivity index (χ3n) is 4.32. The van der Waals surface area contributed by atoms with Crippen LogP contribution in [-0.2, 0) is 12.8 Å². The molecule has 22 heavy (non-hydrogen) atoms. The van der Waals surface area contributed by atoms with Crippen molar-refractivity contribution in [3.05, 3.63) is 23.2 Å². The molecule has 1 aliphatic rings. The van der Waals surface area contributed by atoms with Crippen LogP contribution in [0.2, 0.25) is 0 Å². The van der Waals surface area contributed by atoms with E-state index in [1.165, 1.54) is 0 Å². The Morgan fingerprint density at radius 2 is 2.09 bits per heavy atom. The third kappa shape index (κ3) is 4.58. The summed E-state index contributed by atoms with van der Waals surface area (Å²) in [6.07, 6.45) is 4.22. The molecule has 0 aliphatic carbocycles. The van der Waals surface area contributed by atoms with Gasteiger partial charge < -0.3 is 19.7 Å². The molecule has 2 N–H and O–H groups in total. The standard InChI is InChI=1S/C17H28N2O3/c1-3-13-12-16(22-15(13)4-2)17(21)18-8-5-9-19-10-6-14(20)7-11-19/h12,14,20H,3-11H2,1-2H3,(H,18,21). The summed E-state index contributed by atoms with van der Waals surface area (Å²) in [6, 6.07) is 1.86. The monoisotopic (exact) mass is 308 g/mol. The molecule has 1 aromatic rings. The van der Waals surface area contributed by atoms with Crippen molar-refractivity contribution >= 4 is 5.91 Å². The predicted molar refractivity (Wildman–Crippen MR) is 86.1 cm³/mol. The first-order valence-electron chi connectivity index (χ1n) is 8.44. The molecule has 1 fully saturated rings. The number of nitrogens with one attached hydrogen (secondary N) is 1. The van der Waals surface area contributed by atoms with Crippen LogP contribution in [-0.4, -0.2) is 48.2 Å². The Hall–Kier alpha value is -1.33. The number of furan rings is 1. The van der Waals surface area contributed by atoms with E-state index in [1.807, 2.05) is 13.0 Å². The van der Waals surface area contributed by atoms with E-state index in [0.29, 0.717) is 12.3 Å². The van der Waals surface area contributed by atoms with Crippen LogP contribution in [0, 0.1) is 0 Å². The molecule has 2 heterocycles. The molecule has 0 radical (unpaired) electrons. The minimum atomic E-state index is -0.129. The lowest BCUT2D eigenvalue weighted by molar-refractivity contribution is 0.0814. The number of amides is 1. The Kier molecular flexibility index (Phi) is 6.46. The van der Waals surface area contributed by atoms with Crippen molar-refractivity contribution in [3.63, 3.8) is 0 Å². The Morgan fingerprint density at radius 1 is 1.36 bits per heavy atom. The first kappa shape index (κ1) is 17.0. The van der Waals surface area contributed by atoms with Crippen LogP contribution < -0.4 is 5.32 Å². The molecule has 2 rings (SSSR count). The number of aliphatic hydroxyl groups is 1. The fourth-order valence-corrected chi connectivity index (χ4v) is 2.91. The lowest BCUT2D eigenvalue weighted by Crippen LogP contribution is -2.37. The van der Waals surface area contributed by atoms with Gasteiger partial charge in [0.1, 0.15) is 5.76 Å². The Balaban J connectivity index is 1.70. The molecule has 124 valence electrons. The highest BCUT2D eigenvalue weighted by Gasteiger charge is 2.17. The number of aliphatic hydroxyl groups excluding tert-OH is 1. The molecular weight excluding hydrogens is 280 g/mol. The molecule has 5 nitrogen and oxygen atoms in total. The van der Waals surface area contributed by atoms with Crippen LogP contribution in [0.5, 0.6) is 0 Å². The van der Waals surface area contributed by atoms with Crippen LogP contribution in [0.1, 0.15) is 55.0 Å². The highest BCUT2D eigenvalue weighted by molar-refractivity contribution is 5.91. The van der Waals surface area contributed by atoms with Gasteiger partial charge >= 0.3 is 0 Å². The summed E-state index contributed by atoms with van der Waals surface area (Å²) >= 11 is 0. The van der Waals surface area contributed by atoms with Crippen molar-refractivity contribution in [2.24, 2.45) is 0 Å². The first-order valence-corrected chi connectivity index (χ1v) is 8.44. The van der Waals surface area contributed by atoms with Gasteiger partial charge in [-0.25, -0.2) is 0 Å². The molecule has 0 spiro atoms. The summed E-state index contributed by atoms with van der Waals surface area (Å²) in [5, 5.41) is 12.4. The number of rotatable bonds is 7. The van der Waals surface area contributed by atoms with Gasteiger partial charge in [0.2, 0.25) is 0 Å². The molecule has 0 unspecified atom stereocenters. The zero-order valence-corrected chi connectivity index (χ0v) is 13.7. The number of carbonyl (C=O) groups excluding carboxylic acids is 1. The molecule has 5 heteroatoms. The summed E-state index contributed by atoms with van der Waals surface area (Å²) in [4.78, 5) is 14.4. The zero-order chi connectivity index (χ0) is 15.9. The van der Waals surface area contributed by atoms with Crippen LogP contribution >= 0.6 is 0 Å². The number of carbonyl (C=O) groups is 1. The lowest BCUT2D eigenvalue weighted by atomic mass is 10.1. The van der Waals surface area contributed by atoms with Crippen molar-refractivity contribution in [3.8, 4) is 0 Å². The van der Waals surface area contributed by atoms with Gasteiger partial charge in [0.15, 0.2) is 5.76 Å². The van der Waals surface area contributed by atoms with E-state index in [0.717, 1.165) is 63.1 Å². The van der Waals surface area contributed by atoms with Gasteiger partial charge in [-0.2, -0.15) is 0 Å². The van der Waals surface area contributed by atoms with Gasteiger partial charge in [0.05, 0.1) is 6.10 Å². The summed E-state index contributed by atoms with van der Waals surface area (Å²) in [5.41, 5.74) is 1.12. The van der Waals surface area contributed by atoms with Gasteiger partial charge in [0.25, 0.3) is 5.91 Å². The number of hydrogen-bond donors (Lipinski definition) is 2. The predicted octanol–water partition coefficient (Wildman–Crippen LogP) is 1.98. The maximum atomic E-state index is 12.1. The maximum Gasteiger partial charge on any atom is 0.287 e. The first-order chi connectivity index (χ1) is 10.6. The van der Waals surface area contributed by atoms with E-state index in [2.05, 4.69) is 17.1 Å². The second-order valence-electron chi connectivity index (χ2n) is 5.95. The number of hydrogen-bond acceptors (Lipinski definition) is 4. The second kappa shape index (κ2) is 8.34. The number of aryl methyl sites for hydroxylation is 2. The van der Waals surface area contributed by atoms with Crippen molar-refractivity contribution in [2.45, 2.75) is 52.1 Å². The minimum absolute atomic E-state index is 0.122. The highest BCUT2D eigenvalue weighted by atomic mass is 16.4. The fraction of sp³-hybridized carbons (Fsp3) is 0.706. The molecule has 1 amide bonds. The van der Waals surface area contributed by atoms with Gasteiger partial charge in [-0.05, 0) is 43.9 Å². The lowest BCUT2D eigenvalue weighted by Gasteiger charge is -2.29. The second-order valence-corrected chi connectivity index (χ2v) is 5.95. The van der Waals surface area contributed by atoms with Crippen molar-refractivity contribution in [1.29, 1.82) is 0 Å². The Labute approximate surface area is 132 Å². The Morgan fingerprint density at radius 3 is 2.68 bits per heavy atom. The highest BCUT2D eigenvalue weighted by Crippen LogP contribution is 2.17. The number of nitrogens with zero attached hydrogens (tertiary/aromatic N) is 1. The maximum absolute atomic E-state index is 12.1. The van der Waals surface area contributed by atoms with Gasteiger partial charge in [-0.15, -0.1) is 0 Å². The van der Waals surface area contributed by atoms with Crippen molar-refractivity contribution in [2.75, 3.05) is 26.2 Å². The van der Waals surface area contributed by atoms with E-state index in [4.69, 9.17) is 4.42 Å². The van der Waals surface area contributed by atoms with E-state index in [9.17, 15) is 9.90 Å². The summed E-state index contributed by atoms with van der Waals surface area (Å²) in [6.45, 7) is 7.63. The van der Waals surface area contributed by atoms with Crippen LogP contribution in [0.25, 0.3) is 0 Å². The zero-order valence-electron chi connectivity index (χ0n) is 13.7. The molecule has 0 atom stereocenters. The van der Waals surface area contributed by atoms with Crippen LogP contribution in [0.15, 0.2) is 10.5 Å². The van der Waals surface area contributed by atoms with E-state index in [1.54, 1.807) is 0 Å². The SMILES string of the molecule is CCc1cc(C(=O)NCCCN2CCC(O)CC2)oc1CC. The largest absolute Gasteiger partial charge is 0.456 e. The quantitative estimate of drug-likeness (QED) is 0.756. The smallest absolute Gasteiger partial charge is 0.287 e. The summed E-state index contributed by atoms with van der Waals surface area (Å²) in [7, 11) is 0. The number of piperidine rings is 1. The Bertz CT molecular complexity index is 455. The molecule has 1 aromatic heterocycles. The van der Waals surface area contributed by atoms with Crippen molar-refractivity contribution < 1.29 is 14.3 Å². The normalized spacial score (nSPS) is 16.9. The summed E-state index contributed by atoms with van der Waals surface area (Å²) < 4.78 is 5.63. The molecular formula is C17H28N2O3. The average Bonchev–Trinajstić information content (AvgIpc) is 2.96. The van der Waals surface area contributed by atoms with E-state index in [-0.39, 0.29) is 12.0 Å². The fourth-order valence-electron chi connectivity index (χ4n) is 2.91. The average molecular weight is 308 g/mol. The van der Waals surface area contributed by atoms with Gasteiger partial charge in [0, 0.05) is 26.1 Å². The molecule has 1 saturated heterocycles. The van der Waals surface area contributed by atoms with Crippen LogP contribution in [0.3, 0.4) is 0 Å². The molecule has 1 aliphatic heterocycles. The van der Waals surface area contributed by atoms with Gasteiger partial charge in [-0.1, -0.05) is 13.8 Å². The topological polar surface area (TPSA) is 65.7 Å². The van der Waals surface area contributed by atoms with E-state index >= 15 is 0 Å². The molecule has 0 bridgehead atoms. The minimum Gasteiger partial charge on any atom is -0.456 e. The molecule has 0 saturated carbocycles. The van der Waals surface area contributed by atoms with Crippen LogP contribution in [0.4, 0.5) is 0 Å². The number of likely N-dealkylation sites (tertiary alicyclic amines) is 1. The molecule has 0 aromatic carbocycles. The van der Waals surface area contributed by atoms with Gasteiger partial charge in [-0.3, -0.25) is 4.79 Å².